The predicted molar refractivity (Wildman–Crippen MR) is 119 cm³/mol. The number of likely N-dealkylation sites (N-methyl/N-ethyl adjacent to an activating group) is 1. The predicted octanol–water partition coefficient (Wildman–Crippen LogP) is 0.633. The van der Waals surface area contributed by atoms with Gasteiger partial charge in [-0.2, -0.15) is 22.0 Å². The van der Waals surface area contributed by atoms with Crippen LogP contribution in [0.25, 0.3) is 0 Å². The van der Waals surface area contributed by atoms with Gasteiger partial charge in [-0.25, -0.2) is 4.68 Å². The monoisotopic (exact) mass is 427 g/mol. The lowest BCUT2D eigenvalue weighted by Gasteiger charge is -2.35. The molecule has 0 bridgehead atoms. The molecule has 0 spiro atoms. The Labute approximate surface area is 181 Å². The summed E-state index contributed by atoms with van der Waals surface area (Å²) in [7, 11) is 2.16. The van der Waals surface area contributed by atoms with Crippen molar-refractivity contribution in [2.24, 2.45) is 0 Å². The molecule has 160 valence electrons. The second-order valence-corrected chi connectivity index (χ2v) is 9.58. The van der Waals surface area contributed by atoms with Gasteiger partial charge in [0.2, 0.25) is 0 Å². The van der Waals surface area contributed by atoms with Crippen LogP contribution in [0.15, 0.2) is 16.9 Å². The van der Waals surface area contributed by atoms with E-state index >= 15 is 0 Å². The molecule has 0 saturated carbocycles. The first-order valence-electron chi connectivity index (χ1n) is 10.8. The maximum absolute atomic E-state index is 12.4. The minimum atomic E-state index is 0.0317. The van der Waals surface area contributed by atoms with Crippen molar-refractivity contribution in [2.75, 3.05) is 57.0 Å². The summed E-state index contributed by atoms with van der Waals surface area (Å²) >= 11 is 1.88. The van der Waals surface area contributed by atoms with Crippen LogP contribution in [0.3, 0.4) is 0 Å². The summed E-state index contributed by atoms with van der Waals surface area (Å²) in [5.74, 6) is 3.01. The van der Waals surface area contributed by atoms with Gasteiger partial charge < -0.3 is 9.80 Å². The third-order valence-corrected chi connectivity index (χ3v) is 7.35. The molecule has 0 aromatic carbocycles. The number of hydrogen-bond acceptors (Lipinski definition) is 8. The van der Waals surface area contributed by atoms with Crippen LogP contribution >= 0.6 is 11.8 Å². The fraction of sp³-hybridized carbons (Fsp3) is 0.619. The van der Waals surface area contributed by atoms with Gasteiger partial charge in [-0.15, -0.1) is 5.10 Å². The molecule has 5 rings (SSSR count). The Hall–Kier alpha value is -1.97. The van der Waals surface area contributed by atoms with E-state index in [0.29, 0.717) is 6.54 Å². The summed E-state index contributed by atoms with van der Waals surface area (Å²) in [4.78, 5) is 19.5. The Morgan fingerprint density at radius 1 is 0.967 bits per heavy atom. The van der Waals surface area contributed by atoms with Crippen LogP contribution in [0.1, 0.15) is 22.5 Å². The van der Waals surface area contributed by atoms with Crippen molar-refractivity contribution >= 4 is 17.6 Å². The molecule has 3 aliphatic rings. The Morgan fingerprint density at radius 3 is 2.70 bits per heavy atom. The molecule has 0 amide bonds. The fourth-order valence-electron chi connectivity index (χ4n) is 4.46. The molecule has 30 heavy (non-hydrogen) atoms. The number of aryl methyl sites for hydroxylation is 1. The van der Waals surface area contributed by atoms with Gasteiger partial charge >= 0.3 is 0 Å². The van der Waals surface area contributed by atoms with Crippen LogP contribution in [0.4, 0.5) is 5.82 Å². The molecule has 5 heterocycles. The molecule has 0 N–H and O–H groups in total. The number of thioether (sulfide) groups is 1. The van der Waals surface area contributed by atoms with E-state index in [0.717, 1.165) is 92.9 Å². The van der Waals surface area contributed by atoms with Crippen LogP contribution in [-0.4, -0.2) is 81.8 Å². The molecule has 2 aromatic rings. The highest BCUT2D eigenvalue weighted by Gasteiger charge is 2.22. The zero-order valence-electron chi connectivity index (χ0n) is 17.6. The third-order valence-electron chi connectivity index (χ3n) is 6.35. The second kappa shape index (κ2) is 8.64. The Bertz CT molecular complexity index is 970. The van der Waals surface area contributed by atoms with E-state index < -0.39 is 0 Å². The summed E-state index contributed by atoms with van der Waals surface area (Å²) in [5.41, 5.74) is 4.72. The lowest BCUT2D eigenvalue weighted by atomic mass is 10.1. The number of fused-ring (bicyclic) bond motifs is 2. The van der Waals surface area contributed by atoms with E-state index in [1.165, 1.54) is 5.56 Å². The lowest BCUT2D eigenvalue weighted by molar-refractivity contribution is 0.241. The van der Waals surface area contributed by atoms with Crippen molar-refractivity contribution in [2.45, 2.75) is 31.7 Å². The van der Waals surface area contributed by atoms with E-state index in [2.05, 4.69) is 43.1 Å². The van der Waals surface area contributed by atoms with Gasteiger partial charge in [-0.1, -0.05) is 0 Å². The smallest absolute Gasteiger partial charge is 0.267 e. The van der Waals surface area contributed by atoms with Crippen molar-refractivity contribution in [3.05, 3.63) is 45.0 Å². The van der Waals surface area contributed by atoms with Gasteiger partial charge in [0.25, 0.3) is 5.56 Å². The number of nitrogens with zero attached hydrogens (tertiary/aromatic N) is 7. The van der Waals surface area contributed by atoms with Gasteiger partial charge in [-0.05, 0) is 30.0 Å². The van der Waals surface area contributed by atoms with Crippen molar-refractivity contribution in [3.8, 4) is 0 Å². The van der Waals surface area contributed by atoms with Gasteiger partial charge in [0, 0.05) is 70.5 Å². The molecule has 0 unspecified atom stereocenters. The van der Waals surface area contributed by atoms with Crippen LogP contribution < -0.4 is 10.5 Å². The van der Waals surface area contributed by atoms with Crippen molar-refractivity contribution < 1.29 is 0 Å². The third kappa shape index (κ3) is 4.24. The highest BCUT2D eigenvalue weighted by atomic mass is 32.2. The molecule has 0 aliphatic carbocycles. The average molecular weight is 428 g/mol. The molecule has 2 aromatic heterocycles. The van der Waals surface area contributed by atoms with Crippen LogP contribution in [-0.2, 0) is 31.7 Å². The van der Waals surface area contributed by atoms with Crippen molar-refractivity contribution in [3.63, 3.8) is 0 Å². The quantitative estimate of drug-likeness (QED) is 0.704. The number of hydrogen-bond donors (Lipinski definition) is 0. The van der Waals surface area contributed by atoms with E-state index in [1.807, 2.05) is 11.8 Å². The molecule has 3 aliphatic heterocycles. The van der Waals surface area contributed by atoms with Crippen molar-refractivity contribution in [1.29, 1.82) is 0 Å². The SMILES string of the molecule is CN1CCc2nnc(N3CCN(CCn4nc5c(cc4=O)CSCC5)CC3)cc2C1. The molecule has 8 nitrogen and oxygen atoms in total. The van der Waals surface area contributed by atoms with Crippen molar-refractivity contribution in [1.82, 2.24) is 29.8 Å². The standard InChI is InChI=1S/C21H29N7OS/c1-25-4-2-18-16(14-25)12-20(23-22-18)27-8-5-26(6-9-27)7-10-28-21(29)13-17-15-30-11-3-19(17)24-28/h12-13H,2-11,14-15H2,1H3. The zero-order chi connectivity index (χ0) is 20.5. The van der Waals surface area contributed by atoms with Gasteiger partial charge in [-0.3, -0.25) is 9.69 Å². The number of piperazine rings is 1. The maximum atomic E-state index is 12.4. The first-order valence-corrected chi connectivity index (χ1v) is 12.0. The summed E-state index contributed by atoms with van der Waals surface area (Å²) < 4.78 is 1.66. The number of aromatic nitrogens is 4. The number of rotatable bonds is 4. The first-order chi connectivity index (χ1) is 14.7. The van der Waals surface area contributed by atoms with Crippen LogP contribution in [0.5, 0.6) is 0 Å². The first kappa shape index (κ1) is 20.0. The molecule has 0 radical (unpaired) electrons. The highest BCUT2D eigenvalue weighted by molar-refractivity contribution is 7.98. The molecular weight excluding hydrogens is 398 g/mol. The maximum Gasteiger partial charge on any atom is 0.267 e. The van der Waals surface area contributed by atoms with E-state index in [9.17, 15) is 4.79 Å². The number of anilines is 1. The van der Waals surface area contributed by atoms with Crippen LogP contribution in [0.2, 0.25) is 0 Å². The molecule has 1 saturated heterocycles. The van der Waals surface area contributed by atoms with Crippen LogP contribution in [0, 0.1) is 0 Å². The summed E-state index contributed by atoms with van der Waals surface area (Å²) in [6.45, 7) is 7.34. The Morgan fingerprint density at radius 2 is 1.83 bits per heavy atom. The topological polar surface area (TPSA) is 70.4 Å². The van der Waals surface area contributed by atoms with Gasteiger partial charge in [0.15, 0.2) is 5.82 Å². The Balaban J connectivity index is 1.17. The van der Waals surface area contributed by atoms with E-state index in [4.69, 9.17) is 0 Å². The molecular formula is C21H29N7OS. The lowest BCUT2D eigenvalue weighted by Crippen LogP contribution is -2.48. The summed E-state index contributed by atoms with van der Waals surface area (Å²) in [6.07, 6.45) is 1.96. The molecule has 0 atom stereocenters. The summed E-state index contributed by atoms with van der Waals surface area (Å²) in [5, 5.41) is 13.6. The minimum Gasteiger partial charge on any atom is -0.353 e. The Kier molecular flexibility index (Phi) is 5.75. The molecule has 9 heteroatoms. The molecule has 1 fully saturated rings. The second-order valence-electron chi connectivity index (χ2n) is 8.47. The van der Waals surface area contributed by atoms with E-state index in [-0.39, 0.29) is 5.56 Å². The average Bonchev–Trinajstić information content (AvgIpc) is 2.77. The zero-order valence-corrected chi connectivity index (χ0v) is 18.4. The van der Waals surface area contributed by atoms with Gasteiger partial charge in [0.05, 0.1) is 17.9 Å². The minimum absolute atomic E-state index is 0.0317. The highest BCUT2D eigenvalue weighted by Crippen LogP contribution is 2.22. The summed E-state index contributed by atoms with van der Waals surface area (Å²) in [6, 6.07) is 4.02. The van der Waals surface area contributed by atoms with E-state index in [1.54, 1.807) is 10.7 Å². The largest absolute Gasteiger partial charge is 0.353 e. The normalized spacial score (nSPS) is 20.1. The fourth-order valence-corrected chi connectivity index (χ4v) is 5.41. The van der Waals surface area contributed by atoms with Gasteiger partial charge in [0.1, 0.15) is 0 Å².